The SMILES string of the molecule is CC1C(=O)N(NC(=O)[C@H](C)NC(=O)COc2ccc(CO)cc2)c2ccccc2-c2ccccc21. The fourth-order valence-electron chi connectivity index (χ4n) is 3.97. The highest BCUT2D eigenvalue weighted by atomic mass is 16.5. The van der Waals surface area contributed by atoms with Crippen LogP contribution in [0.25, 0.3) is 11.1 Å². The number of carbonyl (C=O) groups is 3. The Kier molecular flexibility index (Phi) is 7.12. The van der Waals surface area contributed by atoms with Crippen molar-refractivity contribution in [1.29, 1.82) is 0 Å². The van der Waals surface area contributed by atoms with Crippen LogP contribution in [0.1, 0.15) is 30.9 Å². The number of carbonyl (C=O) groups excluding carboxylic acids is 3. The summed E-state index contributed by atoms with van der Waals surface area (Å²) >= 11 is 0. The van der Waals surface area contributed by atoms with E-state index < -0.39 is 23.8 Å². The number of benzene rings is 3. The van der Waals surface area contributed by atoms with E-state index in [-0.39, 0.29) is 19.1 Å². The molecule has 3 aromatic carbocycles. The van der Waals surface area contributed by atoms with E-state index in [1.54, 1.807) is 36.4 Å². The maximum atomic E-state index is 13.3. The molecule has 8 nitrogen and oxygen atoms in total. The Labute approximate surface area is 203 Å². The smallest absolute Gasteiger partial charge is 0.261 e. The molecule has 1 aliphatic heterocycles. The van der Waals surface area contributed by atoms with Gasteiger partial charge >= 0.3 is 0 Å². The Morgan fingerprint density at radius 3 is 2.37 bits per heavy atom. The minimum absolute atomic E-state index is 0.0811. The van der Waals surface area contributed by atoms with Crippen LogP contribution < -0.4 is 20.5 Å². The van der Waals surface area contributed by atoms with Gasteiger partial charge in [0.2, 0.25) is 0 Å². The summed E-state index contributed by atoms with van der Waals surface area (Å²) < 4.78 is 5.44. The van der Waals surface area contributed by atoms with E-state index >= 15 is 0 Å². The number of hydrogen-bond acceptors (Lipinski definition) is 5. The molecule has 8 heteroatoms. The van der Waals surface area contributed by atoms with Crippen LogP contribution in [0.15, 0.2) is 72.8 Å². The van der Waals surface area contributed by atoms with E-state index in [0.29, 0.717) is 11.4 Å². The quantitative estimate of drug-likeness (QED) is 0.489. The van der Waals surface area contributed by atoms with Gasteiger partial charge in [-0.3, -0.25) is 19.8 Å². The number of nitrogens with zero attached hydrogens (tertiary/aromatic N) is 1. The van der Waals surface area contributed by atoms with Gasteiger partial charge in [-0.2, -0.15) is 0 Å². The number of aliphatic hydroxyl groups is 1. The number of rotatable bonds is 7. The average Bonchev–Trinajstić information content (AvgIpc) is 2.97. The number of nitrogens with one attached hydrogen (secondary N) is 2. The zero-order valence-corrected chi connectivity index (χ0v) is 19.5. The second kappa shape index (κ2) is 10.4. The van der Waals surface area contributed by atoms with Gasteiger partial charge in [-0.25, -0.2) is 5.01 Å². The monoisotopic (exact) mass is 473 g/mol. The molecule has 0 saturated carbocycles. The normalized spacial score (nSPS) is 15.3. The zero-order valence-electron chi connectivity index (χ0n) is 19.5. The first-order chi connectivity index (χ1) is 16.9. The average molecular weight is 474 g/mol. The summed E-state index contributed by atoms with van der Waals surface area (Å²) in [7, 11) is 0. The Bertz CT molecular complexity index is 1240. The molecule has 3 amide bonds. The molecule has 3 aromatic rings. The van der Waals surface area contributed by atoms with Crippen molar-refractivity contribution in [1.82, 2.24) is 10.7 Å². The molecule has 0 fully saturated rings. The number of fused-ring (bicyclic) bond motifs is 3. The Morgan fingerprint density at radius 2 is 1.66 bits per heavy atom. The van der Waals surface area contributed by atoms with Crippen molar-refractivity contribution in [3.05, 3.63) is 83.9 Å². The van der Waals surface area contributed by atoms with Gasteiger partial charge in [-0.1, -0.05) is 54.6 Å². The number of aliphatic hydroxyl groups excluding tert-OH is 1. The fourth-order valence-corrected chi connectivity index (χ4v) is 3.97. The molecule has 0 aromatic heterocycles. The molecule has 0 radical (unpaired) electrons. The molecule has 3 N–H and O–H groups in total. The molecule has 35 heavy (non-hydrogen) atoms. The Hall–Kier alpha value is -4.17. The molecule has 0 saturated heterocycles. The largest absolute Gasteiger partial charge is 0.484 e. The fraction of sp³-hybridized carbons (Fsp3) is 0.222. The maximum absolute atomic E-state index is 13.3. The van der Waals surface area contributed by atoms with Crippen molar-refractivity contribution in [2.24, 2.45) is 0 Å². The predicted molar refractivity (Wildman–Crippen MR) is 131 cm³/mol. The molecule has 4 rings (SSSR count). The highest BCUT2D eigenvalue weighted by molar-refractivity contribution is 6.06. The van der Waals surface area contributed by atoms with E-state index in [0.717, 1.165) is 22.3 Å². The van der Waals surface area contributed by atoms with Gasteiger partial charge in [-0.15, -0.1) is 0 Å². The van der Waals surface area contributed by atoms with Crippen LogP contribution in [0, 0.1) is 0 Å². The van der Waals surface area contributed by atoms with Crippen LogP contribution in [0.5, 0.6) is 5.75 Å². The zero-order chi connectivity index (χ0) is 24.9. The summed E-state index contributed by atoms with van der Waals surface area (Å²) in [4.78, 5) is 38.6. The predicted octanol–water partition coefficient (Wildman–Crippen LogP) is 2.91. The minimum atomic E-state index is -0.913. The van der Waals surface area contributed by atoms with E-state index in [4.69, 9.17) is 9.84 Å². The second-order valence-corrected chi connectivity index (χ2v) is 8.36. The lowest BCUT2D eigenvalue weighted by Gasteiger charge is -2.27. The molecule has 0 bridgehead atoms. The van der Waals surface area contributed by atoms with Crippen molar-refractivity contribution in [2.45, 2.75) is 32.4 Å². The van der Waals surface area contributed by atoms with Gasteiger partial charge < -0.3 is 15.2 Å². The molecule has 2 atom stereocenters. The first-order valence-corrected chi connectivity index (χ1v) is 11.3. The topological polar surface area (TPSA) is 108 Å². The molecule has 1 unspecified atom stereocenters. The van der Waals surface area contributed by atoms with Crippen molar-refractivity contribution in [3.8, 4) is 16.9 Å². The minimum Gasteiger partial charge on any atom is -0.484 e. The Morgan fingerprint density at radius 1 is 1.00 bits per heavy atom. The van der Waals surface area contributed by atoms with Crippen molar-refractivity contribution < 1.29 is 24.2 Å². The molecule has 1 heterocycles. The number of ether oxygens (including phenoxy) is 1. The summed E-state index contributed by atoms with van der Waals surface area (Å²) in [5, 5.41) is 13.0. The van der Waals surface area contributed by atoms with Gasteiger partial charge in [0.15, 0.2) is 6.61 Å². The number of anilines is 1. The number of amides is 3. The number of para-hydroxylation sites is 1. The standard InChI is InChI=1S/C27H27N3O5/c1-17-21-7-3-4-8-22(21)23-9-5-6-10-24(23)30(27(17)34)29-26(33)18(2)28-25(32)16-35-20-13-11-19(15-31)12-14-20/h3-14,17-18,31H,15-16H2,1-2H3,(H,28,32)(H,29,33)/t17?,18-/m0/s1. The lowest BCUT2D eigenvalue weighted by atomic mass is 9.92. The highest BCUT2D eigenvalue weighted by Gasteiger charge is 2.33. The Balaban J connectivity index is 1.43. The van der Waals surface area contributed by atoms with Crippen LogP contribution in [0.4, 0.5) is 5.69 Å². The molecule has 180 valence electrons. The van der Waals surface area contributed by atoms with Crippen LogP contribution in [-0.4, -0.2) is 35.5 Å². The third kappa shape index (κ3) is 5.17. The van der Waals surface area contributed by atoms with Crippen molar-refractivity contribution >= 4 is 23.4 Å². The lowest BCUT2D eigenvalue weighted by molar-refractivity contribution is -0.131. The van der Waals surface area contributed by atoms with Gasteiger partial charge in [0.25, 0.3) is 17.7 Å². The van der Waals surface area contributed by atoms with Gasteiger partial charge in [0.1, 0.15) is 11.8 Å². The van der Waals surface area contributed by atoms with E-state index in [1.165, 1.54) is 11.9 Å². The lowest BCUT2D eigenvalue weighted by Crippen LogP contribution is -2.54. The van der Waals surface area contributed by atoms with Gasteiger partial charge in [-0.05, 0) is 48.7 Å². The molecule has 1 aliphatic rings. The summed E-state index contributed by atoms with van der Waals surface area (Å²) in [6.07, 6.45) is 0. The summed E-state index contributed by atoms with van der Waals surface area (Å²) in [6.45, 7) is 2.98. The maximum Gasteiger partial charge on any atom is 0.261 e. The van der Waals surface area contributed by atoms with Crippen LogP contribution in [-0.2, 0) is 21.0 Å². The van der Waals surface area contributed by atoms with E-state index in [2.05, 4.69) is 10.7 Å². The van der Waals surface area contributed by atoms with Crippen LogP contribution in [0.2, 0.25) is 0 Å². The summed E-state index contributed by atoms with van der Waals surface area (Å²) in [5.74, 6) is -1.30. The van der Waals surface area contributed by atoms with Crippen LogP contribution >= 0.6 is 0 Å². The second-order valence-electron chi connectivity index (χ2n) is 8.36. The highest BCUT2D eigenvalue weighted by Crippen LogP contribution is 2.39. The molecule has 0 spiro atoms. The first kappa shape index (κ1) is 24.0. The third-order valence-electron chi connectivity index (χ3n) is 5.92. The summed E-state index contributed by atoms with van der Waals surface area (Å²) in [6, 6.07) is 20.8. The van der Waals surface area contributed by atoms with E-state index in [9.17, 15) is 14.4 Å². The summed E-state index contributed by atoms with van der Waals surface area (Å²) in [5.41, 5.74) is 6.63. The number of hydrazine groups is 1. The van der Waals surface area contributed by atoms with Gasteiger partial charge in [0.05, 0.1) is 18.2 Å². The van der Waals surface area contributed by atoms with Gasteiger partial charge in [0, 0.05) is 5.56 Å². The molecular formula is C27H27N3O5. The number of hydrogen-bond donors (Lipinski definition) is 3. The third-order valence-corrected chi connectivity index (χ3v) is 5.92. The molecular weight excluding hydrogens is 446 g/mol. The molecule has 0 aliphatic carbocycles. The van der Waals surface area contributed by atoms with Crippen molar-refractivity contribution in [2.75, 3.05) is 11.6 Å². The van der Waals surface area contributed by atoms with Crippen molar-refractivity contribution in [3.63, 3.8) is 0 Å². The van der Waals surface area contributed by atoms with E-state index in [1.807, 2.05) is 43.3 Å². The first-order valence-electron chi connectivity index (χ1n) is 11.3. The van der Waals surface area contributed by atoms with Crippen LogP contribution in [0.3, 0.4) is 0 Å².